The molecule has 2 rings (SSSR count). The third-order valence-electron chi connectivity index (χ3n) is 3.11. The summed E-state index contributed by atoms with van der Waals surface area (Å²) in [6, 6.07) is 12.1. The Morgan fingerprint density at radius 1 is 1.19 bits per heavy atom. The molecule has 0 spiro atoms. The van der Waals surface area contributed by atoms with Crippen molar-refractivity contribution in [2.24, 2.45) is 5.73 Å². The molecule has 4 nitrogen and oxygen atoms in total. The van der Waals surface area contributed by atoms with Gasteiger partial charge in [-0.25, -0.2) is 0 Å². The summed E-state index contributed by atoms with van der Waals surface area (Å²) in [5, 5.41) is 3.40. The largest absolute Gasteiger partial charge is 0.366 e. The lowest BCUT2D eigenvalue weighted by Crippen LogP contribution is -2.23. The van der Waals surface area contributed by atoms with Crippen molar-refractivity contribution in [3.05, 3.63) is 69.7 Å². The van der Waals surface area contributed by atoms with Crippen LogP contribution in [0.4, 0.5) is 0 Å². The maximum atomic E-state index is 12.1. The molecule has 0 aromatic heterocycles. The number of aryl methyl sites for hydroxylation is 1. The van der Waals surface area contributed by atoms with Crippen LogP contribution in [0.1, 0.15) is 31.8 Å². The molecular formula is C16H15ClN2O2. The molecule has 0 fully saturated rings. The second-order valence-corrected chi connectivity index (χ2v) is 5.14. The number of primary amides is 1. The highest BCUT2D eigenvalue weighted by Gasteiger charge is 2.11. The maximum absolute atomic E-state index is 12.1. The van der Waals surface area contributed by atoms with Crippen LogP contribution >= 0.6 is 11.6 Å². The summed E-state index contributed by atoms with van der Waals surface area (Å²) in [5.41, 5.74) is 7.68. The van der Waals surface area contributed by atoms with Crippen molar-refractivity contribution in [3.63, 3.8) is 0 Å². The fraction of sp³-hybridized carbons (Fsp3) is 0.125. The SMILES string of the molecule is Cc1ccc(C(=O)NCc2cccc(Cl)c2)cc1C(N)=O. The van der Waals surface area contributed by atoms with Crippen LogP contribution in [-0.4, -0.2) is 11.8 Å². The summed E-state index contributed by atoms with van der Waals surface area (Å²) in [6.45, 7) is 2.13. The van der Waals surface area contributed by atoms with Crippen LogP contribution in [0, 0.1) is 6.92 Å². The van der Waals surface area contributed by atoms with Crippen molar-refractivity contribution >= 4 is 23.4 Å². The number of rotatable bonds is 4. The van der Waals surface area contributed by atoms with E-state index in [0.717, 1.165) is 11.1 Å². The fourth-order valence-corrected chi connectivity index (χ4v) is 2.17. The van der Waals surface area contributed by atoms with E-state index in [-0.39, 0.29) is 5.91 Å². The van der Waals surface area contributed by atoms with Gasteiger partial charge in [-0.05, 0) is 42.3 Å². The van der Waals surface area contributed by atoms with E-state index in [0.29, 0.717) is 22.7 Å². The molecule has 3 N–H and O–H groups in total. The second-order valence-electron chi connectivity index (χ2n) is 4.71. The van der Waals surface area contributed by atoms with Gasteiger partial charge >= 0.3 is 0 Å². The van der Waals surface area contributed by atoms with Gasteiger partial charge < -0.3 is 11.1 Å². The molecule has 2 aromatic rings. The van der Waals surface area contributed by atoms with Gasteiger partial charge in [0.15, 0.2) is 0 Å². The minimum Gasteiger partial charge on any atom is -0.366 e. The van der Waals surface area contributed by atoms with Gasteiger partial charge in [-0.3, -0.25) is 9.59 Å². The van der Waals surface area contributed by atoms with Crippen molar-refractivity contribution in [2.45, 2.75) is 13.5 Å². The molecule has 0 aliphatic rings. The summed E-state index contributed by atoms with van der Waals surface area (Å²) >= 11 is 5.89. The predicted molar refractivity (Wildman–Crippen MR) is 82.3 cm³/mol. The summed E-state index contributed by atoms with van der Waals surface area (Å²) in [5.74, 6) is -0.811. The first-order valence-corrected chi connectivity index (χ1v) is 6.78. The van der Waals surface area contributed by atoms with Gasteiger partial charge in [-0.2, -0.15) is 0 Å². The predicted octanol–water partition coefficient (Wildman–Crippen LogP) is 2.68. The Kier molecular flexibility index (Phi) is 4.60. The van der Waals surface area contributed by atoms with Crippen molar-refractivity contribution < 1.29 is 9.59 Å². The van der Waals surface area contributed by atoms with Crippen LogP contribution in [0.2, 0.25) is 5.02 Å². The molecule has 0 unspecified atom stereocenters. The number of carbonyl (C=O) groups excluding carboxylic acids is 2. The monoisotopic (exact) mass is 302 g/mol. The molecule has 0 saturated heterocycles. The highest BCUT2D eigenvalue weighted by molar-refractivity contribution is 6.30. The van der Waals surface area contributed by atoms with E-state index in [1.165, 1.54) is 6.07 Å². The lowest BCUT2D eigenvalue weighted by atomic mass is 10.0. The topological polar surface area (TPSA) is 72.2 Å². The molecule has 0 saturated carbocycles. The van der Waals surface area contributed by atoms with Crippen LogP contribution < -0.4 is 11.1 Å². The van der Waals surface area contributed by atoms with Crippen molar-refractivity contribution in [1.82, 2.24) is 5.32 Å². The molecule has 0 bridgehead atoms. The van der Waals surface area contributed by atoms with E-state index < -0.39 is 5.91 Å². The summed E-state index contributed by atoms with van der Waals surface area (Å²) < 4.78 is 0. The first-order chi connectivity index (χ1) is 9.97. The smallest absolute Gasteiger partial charge is 0.251 e. The molecule has 0 heterocycles. The molecule has 2 amide bonds. The Hall–Kier alpha value is -2.33. The number of hydrogen-bond acceptors (Lipinski definition) is 2. The van der Waals surface area contributed by atoms with E-state index in [1.807, 2.05) is 12.1 Å². The van der Waals surface area contributed by atoms with Crippen LogP contribution in [0.15, 0.2) is 42.5 Å². The van der Waals surface area contributed by atoms with Gasteiger partial charge in [0, 0.05) is 22.7 Å². The molecule has 108 valence electrons. The van der Waals surface area contributed by atoms with Gasteiger partial charge in [0.1, 0.15) is 0 Å². The summed E-state index contributed by atoms with van der Waals surface area (Å²) in [6.07, 6.45) is 0. The van der Waals surface area contributed by atoms with Crippen molar-refractivity contribution in [2.75, 3.05) is 0 Å². The average molecular weight is 303 g/mol. The Morgan fingerprint density at radius 3 is 2.62 bits per heavy atom. The molecule has 0 radical (unpaired) electrons. The van der Waals surface area contributed by atoms with E-state index in [2.05, 4.69) is 5.32 Å². The first kappa shape index (κ1) is 15.1. The van der Waals surface area contributed by atoms with Gasteiger partial charge in [0.25, 0.3) is 5.91 Å². The van der Waals surface area contributed by atoms with E-state index in [1.54, 1.807) is 31.2 Å². The number of hydrogen-bond donors (Lipinski definition) is 2. The minimum absolute atomic E-state index is 0.266. The molecule has 0 atom stereocenters. The Bertz CT molecular complexity index is 698. The average Bonchev–Trinajstić information content (AvgIpc) is 2.45. The van der Waals surface area contributed by atoms with Gasteiger partial charge in [-0.15, -0.1) is 0 Å². The second kappa shape index (κ2) is 6.41. The van der Waals surface area contributed by atoms with E-state index in [9.17, 15) is 9.59 Å². The molecule has 5 heteroatoms. The highest BCUT2D eigenvalue weighted by atomic mass is 35.5. The summed E-state index contributed by atoms with van der Waals surface area (Å²) in [4.78, 5) is 23.4. The molecule has 0 aliphatic heterocycles. The quantitative estimate of drug-likeness (QED) is 0.911. The lowest BCUT2D eigenvalue weighted by molar-refractivity contribution is 0.0951. The number of benzene rings is 2. The third kappa shape index (κ3) is 3.83. The number of nitrogens with one attached hydrogen (secondary N) is 1. The zero-order valence-electron chi connectivity index (χ0n) is 11.5. The van der Waals surface area contributed by atoms with Crippen molar-refractivity contribution in [3.8, 4) is 0 Å². The highest BCUT2D eigenvalue weighted by Crippen LogP contribution is 2.12. The third-order valence-corrected chi connectivity index (χ3v) is 3.34. The number of nitrogens with two attached hydrogens (primary N) is 1. The van der Waals surface area contributed by atoms with Crippen molar-refractivity contribution in [1.29, 1.82) is 0 Å². The maximum Gasteiger partial charge on any atom is 0.251 e. The van der Waals surface area contributed by atoms with E-state index >= 15 is 0 Å². The Balaban J connectivity index is 2.10. The Morgan fingerprint density at radius 2 is 1.95 bits per heavy atom. The fourth-order valence-electron chi connectivity index (χ4n) is 1.96. The Labute approximate surface area is 127 Å². The van der Waals surface area contributed by atoms with E-state index in [4.69, 9.17) is 17.3 Å². The van der Waals surface area contributed by atoms with Gasteiger partial charge in [0.05, 0.1) is 0 Å². The molecule has 0 aliphatic carbocycles. The van der Waals surface area contributed by atoms with Crippen LogP contribution in [0.3, 0.4) is 0 Å². The van der Waals surface area contributed by atoms with Crippen LogP contribution in [0.5, 0.6) is 0 Å². The normalized spacial score (nSPS) is 10.2. The number of amides is 2. The zero-order valence-corrected chi connectivity index (χ0v) is 12.3. The standard InChI is InChI=1S/C16H15ClN2O2/c1-10-5-6-12(8-14(10)15(18)20)16(21)19-9-11-3-2-4-13(17)7-11/h2-8H,9H2,1H3,(H2,18,20)(H,19,21). The zero-order chi connectivity index (χ0) is 15.4. The van der Waals surface area contributed by atoms with Crippen LogP contribution in [0.25, 0.3) is 0 Å². The summed E-state index contributed by atoms with van der Waals surface area (Å²) in [7, 11) is 0. The molecule has 2 aromatic carbocycles. The number of carbonyl (C=O) groups is 2. The van der Waals surface area contributed by atoms with Crippen LogP contribution in [-0.2, 0) is 6.54 Å². The molecule has 21 heavy (non-hydrogen) atoms. The minimum atomic E-state index is -0.544. The first-order valence-electron chi connectivity index (χ1n) is 6.40. The van der Waals surface area contributed by atoms with Gasteiger partial charge in [-0.1, -0.05) is 29.8 Å². The lowest BCUT2D eigenvalue weighted by Gasteiger charge is -2.08. The molecular weight excluding hydrogens is 288 g/mol. The van der Waals surface area contributed by atoms with Gasteiger partial charge in [0.2, 0.25) is 5.91 Å². The number of halogens is 1.